The van der Waals surface area contributed by atoms with Crippen molar-refractivity contribution >= 4 is 5.82 Å². The van der Waals surface area contributed by atoms with Crippen molar-refractivity contribution in [3.8, 4) is 28.1 Å². The summed E-state index contributed by atoms with van der Waals surface area (Å²) in [5.41, 5.74) is 7.06. The summed E-state index contributed by atoms with van der Waals surface area (Å²) < 4.78 is 40.7. The van der Waals surface area contributed by atoms with E-state index in [-0.39, 0.29) is 22.7 Å². The Hall–Kier alpha value is -2.89. The first-order valence-corrected chi connectivity index (χ1v) is 7.78. The molecule has 0 fully saturated rings. The maximum atomic E-state index is 13.0. The first-order valence-electron chi connectivity index (χ1n) is 7.78. The molecule has 0 atom stereocenters. The molecule has 0 aliphatic heterocycles. The van der Waals surface area contributed by atoms with Gasteiger partial charge in [-0.3, -0.25) is 0 Å². The van der Waals surface area contributed by atoms with Crippen LogP contribution in [-0.2, 0) is 12.7 Å². The molecule has 0 spiro atoms. The summed E-state index contributed by atoms with van der Waals surface area (Å²) in [7, 11) is 0. The fraction of sp³-hybridized carbons (Fsp3) is 0.158. The van der Waals surface area contributed by atoms with Crippen molar-refractivity contribution < 1.29 is 18.3 Å². The molecule has 3 aromatic rings. The van der Waals surface area contributed by atoms with E-state index in [0.29, 0.717) is 12.2 Å². The van der Waals surface area contributed by atoms with Gasteiger partial charge in [-0.15, -0.1) is 0 Å². The second-order valence-corrected chi connectivity index (χ2v) is 5.65. The highest BCUT2D eigenvalue weighted by atomic mass is 19.4. The Balaban J connectivity index is 2.24. The highest BCUT2D eigenvalue weighted by molar-refractivity contribution is 5.89. The minimum atomic E-state index is -4.46. The SMILES string of the molecule is CCn1c(N)c(-c2cccc(C(F)(F)F)c2)c(O)c1-c1ccccc1. The first-order chi connectivity index (χ1) is 11.8. The van der Waals surface area contributed by atoms with E-state index in [1.54, 1.807) is 4.57 Å². The van der Waals surface area contributed by atoms with E-state index in [9.17, 15) is 18.3 Å². The molecular weight excluding hydrogens is 329 g/mol. The van der Waals surface area contributed by atoms with E-state index in [2.05, 4.69) is 0 Å². The molecular formula is C19H17F3N2O. The third-order valence-corrected chi connectivity index (χ3v) is 4.12. The normalized spacial score (nSPS) is 11.7. The zero-order valence-electron chi connectivity index (χ0n) is 13.5. The van der Waals surface area contributed by atoms with Crippen molar-refractivity contribution in [2.24, 2.45) is 0 Å². The van der Waals surface area contributed by atoms with Crippen molar-refractivity contribution in [1.29, 1.82) is 0 Å². The Bertz CT molecular complexity index is 899. The number of hydrogen-bond acceptors (Lipinski definition) is 2. The molecule has 3 nitrogen and oxygen atoms in total. The molecule has 2 aromatic carbocycles. The van der Waals surface area contributed by atoms with Gasteiger partial charge in [-0.05, 0) is 24.6 Å². The summed E-state index contributed by atoms with van der Waals surface area (Å²) in [6.45, 7) is 2.33. The van der Waals surface area contributed by atoms with Crippen molar-refractivity contribution in [1.82, 2.24) is 4.57 Å². The standard InChI is InChI=1S/C19H17F3N2O/c1-2-24-16(12-7-4-3-5-8-12)17(25)15(18(24)23)13-9-6-10-14(11-13)19(20,21)22/h3-11,25H,2,23H2,1H3. The molecule has 0 radical (unpaired) electrons. The van der Waals surface area contributed by atoms with Crippen LogP contribution in [0.2, 0.25) is 0 Å². The minimum absolute atomic E-state index is 0.120. The number of hydrogen-bond donors (Lipinski definition) is 2. The van der Waals surface area contributed by atoms with Crippen molar-refractivity contribution in [3.05, 3.63) is 60.2 Å². The summed E-state index contributed by atoms with van der Waals surface area (Å²) in [5, 5.41) is 10.7. The summed E-state index contributed by atoms with van der Waals surface area (Å²) >= 11 is 0. The molecule has 1 heterocycles. The number of anilines is 1. The van der Waals surface area contributed by atoms with Gasteiger partial charge in [0.1, 0.15) is 5.82 Å². The summed E-state index contributed by atoms with van der Waals surface area (Å²) in [6, 6.07) is 13.9. The Morgan fingerprint density at radius 2 is 1.64 bits per heavy atom. The molecule has 0 bridgehead atoms. The third-order valence-electron chi connectivity index (χ3n) is 4.12. The molecule has 130 valence electrons. The fourth-order valence-electron chi connectivity index (χ4n) is 2.98. The van der Waals surface area contributed by atoms with Crippen LogP contribution < -0.4 is 5.73 Å². The number of nitrogens with two attached hydrogens (primary N) is 1. The van der Waals surface area contributed by atoms with Crippen LogP contribution >= 0.6 is 0 Å². The summed E-state index contributed by atoms with van der Waals surface area (Å²) in [6.07, 6.45) is -4.46. The lowest BCUT2D eigenvalue weighted by atomic mass is 10.0. The van der Waals surface area contributed by atoms with Crippen LogP contribution in [0, 0.1) is 0 Å². The van der Waals surface area contributed by atoms with Crippen LogP contribution in [0.4, 0.5) is 19.0 Å². The van der Waals surface area contributed by atoms with E-state index < -0.39 is 11.7 Å². The molecule has 25 heavy (non-hydrogen) atoms. The second kappa shape index (κ2) is 6.20. The van der Waals surface area contributed by atoms with Gasteiger partial charge in [-0.1, -0.05) is 42.5 Å². The number of nitrogens with zero attached hydrogens (tertiary/aromatic N) is 1. The Labute approximate surface area is 143 Å². The maximum absolute atomic E-state index is 13.0. The molecule has 0 unspecified atom stereocenters. The van der Waals surface area contributed by atoms with Gasteiger partial charge in [-0.2, -0.15) is 13.2 Å². The lowest BCUT2D eigenvalue weighted by Crippen LogP contribution is -2.05. The maximum Gasteiger partial charge on any atom is 0.416 e. The van der Waals surface area contributed by atoms with Gasteiger partial charge < -0.3 is 15.4 Å². The van der Waals surface area contributed by atoms with Crippen molar-refractivity contribution in [3.63, 3.8) is 0 Å². The molecule has 6 heteroatoms. The molecule has 0 aliphatic rings. The first kappa shape index (κ1) is 17.0. The van der Waals surface area contributed by atoms with Crippen LogP contribution in [-0.4, -0.2) is 9.67 Å². The fourth-order valence-corrected chi connectivity index (χ4v) is 2.98. The van der Waals surface area contributed by atoms with Crippen LogP contribution in [0.1, 0.15) is 12.5 Å². The molecule has 0 amide bonds. The highest BCUT2D eigenvalue weighted by Gasteiger charge is 2.31. The molecule has 3 N–H and O–H groups in total. The third kappa shape index (κ3) is 2.95. The van der Waals surface area contributed by atoms with E-state index in [4.69, 9.17) is 5.73 Å². The largest absolute Gasteiger partial charge is 0.505 e. The van der Waals surface area contributed by atoms with Gasteiger partial charge in [0.15, 0.2) is 5.75 Å². The van der Waals surface area contributed by atoms with Crippen molar-refractivity contribution in [2.45, 2.75) is 19.6 Å². The van der Waals surface area contributed by atoms with Gasteiger partial charge in [0, 0.05) is 12.1 Å². The zero-order valence-corrected chi connectivity index (χ0v) is 13.5. The minimum Gasteiger partial charge on any atom is -0.505 e. The van der Waals surface area contributed by atoms with Gasteiger partial charge in [0.2, 0.25) is 0 Å². The van der Waals surface area contributed by atoms with Gasteiger partial charge in [0.05, 0.1) is 16.8 Å². The molecule has 1 aromatic heterocycles. The number of benzene rings is 2. The van der Waals surface area contributed by atoms with Crippen LogP contribution in [0.5, 0.6) is 5.75 Å². The Morgan fingerprint density at radius 1 is 1.00 bits per heavy atom. The number of aromatic hydroxyl groups is 1. The quantitative estimate of drug-likeness (QED) is 0.689. The van der Waals surface area contributed by atoms with Crippen LogP contribution in [0.25, 0.3) is 22.4 Å². The Kier molecular flexibility index (Phi) is 4.20. The summed E-state index contributed by atoms with van der Waals surface area (Å²) in [4.78, 5) is 0. The lowest BCUT2D eigenvalue weighted by Gasteiger charge is -2.09. The van der Waals surface area contributed by atoms with Crippen LogP contribution in [0.15, 0.2) is 54.6 Å². The zero-order chi connectivity index (χ0) is 18.2. The number of halogens is 3. The molecule has 0 saturated heterocycles. The average Bonchev–Trinajstić information content (AvgIpc) is 2.85. The van der Waals surface area contributed by atoms with Crippen molar-refractivity contribution in [2.75, 3.05) is 5.73 Å². The Morgan fingerprint density at radius 3 is 2.24 bits per heavy atom. The molecule has 0 aliphatic carbocycles. The number of rotatable bonds is 3. The summed E-state index contributed by atoms with van der Waals surface area (Å²) in [5.74, 6) is 0.114. The molecule has 3 rings (SSSR count). The highest BCUT2D eigenvalue weighted by Crippen LogP contribution is 2.45. The second-order valence-electron chi connectivity index (χ2n) is 5.65. The smallest absolute Gasteiger partial charge is 0.416 e. The van der Waals surface area contributed by atoms with E-state index in [1.807, 2.05) is 37.3 Å². The topological polar surface area (TPSA) is 51.2 Å². The van der Waals surface area contributed by atoms with Gasteiger partial charge in [-0.25, -0.2) is 0 Å². The average molecular weight is 346 g/mol. The predicted molar refractivity (Wildman–Crippen MR) is 92.1 cm³/mol. The predicted octanol–water partition coefficient (Wildman–Crippen LogP) is 5.15. The number of aromatic nitrogens is 1. The van der Waals surface area contributed by atoms with E-state index in [1.165, 1.54) is 12.1 Å². The van der Waals surface area contributed by atoms with E-state index >= 15 is 0 Å². The monoisotopic (exact) mass is 346 g/mol. The molecule has 0 saturated carbocycles. The van der Waals surface area contributed by atoms with Gasteiger partial charge >= 0.3 is 6.18 Å². The van der Waals surface area contributed by atoms with Crippen LogP contribution in [0.3, 0.4) is 0 Å². The number of nitrogen functional groups attached to an aromatic ring is 1. The van der Waals surface area contributed by atoms with E-state index in [0.717, 1.165) is 17.7 Å². The van der Waals surface area contributed by atoms with Gasteiger partial charge in [0.25, 0.3) is 0 Å². The number of alkyl halides is 3. The lowest BCUT2D eigenvalue weighted by molar-refractivity contribution is -0.137.